The standard InChI is InChI=1S/C23H27F3N2O2/c24-23(25,26)17-3-1-4-18(10-17)27-20(29)19-5-2-6-28(19)21(30)22-11-14-7-15(12-22)9-16(8-14)13-22/h1,3-4,10,14-16,19H,2,5-9,11-13H2,(H,27,29). The predicted molar refractivity (Wildman–Crippen MR) is 105 cm³/mol. The first-order valence-corrected chi connectivity index (χ1v) is 11.0. The zero-order valence-electron chi connectivity index (χ0n) is 16.9. The summed E-state index contributed by atoms with van der Waals surface area (Å²) in [6, 6.07) is 4.06. The van der Waals surface area contributed by atoms with Gasteiger partial charge in [-0.2, -0.15) is 13.2 Å². The average Bonchev–Trinajstić information content (AvgIpc) is 3.15. The highest BCUT2D eigenvalue weighted by atomic mass is 19.4. The van der Waals surface area contributed by atoms with E-state index in [1.54, 1.807) is 4.90 Å². The van der Waals surface area contributed by atoms with Crippen LogP contribution >= 0.6 is 0 Å². The van der Waals surface area contributed by atoms with Crippen LogP contribution in [0, 0.1) is 23.2 Å². The second-order valence-corrected chi connectivity index (χ2v) is 9.92. The molecule has 1 heterocycles. The van der Waals surface area contributed by atoms with Gasteiger partial charge in [-0.05, 0) is 87.3 Å². The number of halogens is 3. The first-order valence-electron chi connectivity index (χ1n) is 11.0. The van der Waals surface area contributed by atoms with Crippen molar-refractivity contribution in [3.05, 3.63) is 29.8 Å². The van der Waals surface area contributed by atoms with E-state index in [0.29, 0.717) is 30.7 Å². The monoisotopic (exact) mass is 420 g/mol. The van der Waals surface area contributed by atoms with Gasteiger partial charge in [-0.15, -0.1) is 0 Å². The highest BCUT2D eigenvalue weighted by Gasteiger charge is 2.56. The fourth-order valence-electron chi connectivity index (χ4n) is 6.96. The van der Waals surface area contributed by atoms with Crippen molar-refractivity contribution in [1.29, 1.82) is 0 Å². The molecule has 1 saturated heterocycles. The molecule has 1 unspecified atom stereocenters. The summed E-state index contributed by atoms with van der Waals surface area (Å²) in [7, 11) is 0. The largest absolute Gasteiger partial charge is 0.416 e. The Morgan fingerprint density at radius 1 is 1.03 bits per heavy atom. The summed E-state index contributed by atoms with van der Waals surface area (Å²) >= 11 is 0. The molecule has 0 aromatic heterocycles. The molecule has 4 bridgehead atoms. The van der Waals surface area contributed by atoms with Crippen LogP contribution in [0.5, 0.6) is 0 Å². The molecule has 1 atom stereocenters. The molecule has 4 aliphatic carbocycles. The lowest BCUT2D eigenvalue weighted by Crippen LogP contribution is -2.56. The summed E-state index contributed by atoms with van der Waals surface area (Å²) in [5.41, 5.74) is -0.995. The van der Waals surface area contributed by atoms with Gasteiger partial charge in [0.25, 0.3) is 0 Å². The van der Waals surface area contributed by atoms with E-state index in [4.69, 9.17) is 0 Å². The zero-order valence-corrected chi connectivity index (χ0v) is 16.9. The molecule has 0 radical (unpaired) electrons. The number of hydrogen-bond acceptors (Lipinski definition) is 2. The highest BCUT2D eigenvalue weighted by molar-refractivity contribution is 5.98. The van der Waals surface area contributed by atoms with Crippen LogP contribution in [0.3, 0.4) is 0 Å². The SMILES string of the molecule is O=C(Nc1cccc(C(F)(F)F)c1)C1CCCN1C(=O)C12CC3CC(CC(C3)C1)C2. The molecule has 7 heteroatoms. The van der Waals surface area contributed by atoms with Crippen molar-refractivity contribution < 1.29 is 22.8 Å². The molecule has 1 aromatic carbocycles. The minimum absolute atomic E-state index is 0.114. The molecule has 6 rings (SSSR count). The van der Waals surface area contributed by atoms with Gasteiger partial charge in [0.2, 0.25) is 11.8 Å². The van der Waals surface area contributed by atoms with Gasteiger partial charge in [-0.25, -0.2) is 0 Å². The van der Waals surface area contributed by atoms with Crippen LogP contribution in [0.1, 0.15) is 56.9 Å². The Morgan fingerprint density at radius 2 is 1.67 bits per heavy atom. The van der Waals surface area contributed by atoms with Gasteiger partial charge in [0.05, 0.1) is 11.0 Å². The lowest BCUT2D eigenvalue weighted by molar-refractivity contribution is -0.160. The molecule has 2 amide bonds. The second kappa shape index (κ2) is 6.99. The number of benzene rings is 1. The van der Waals surface area contributed by atoms with Crippen LogP contribution in [-0.2, 0) is 15.8 Å². The summed E-state index contributed by atoms with van der Waals surface area (Å²) in [4.78, 5) is 28.3. The molecule has 5 fully saturated rings. The lowest BCUT2D eigenvalue weighted by atomic mass is 9.49. The van der Waals surface area contributed by atoms with E-state index >= 15 is 0 Å². The minimum atomic E-state index is -4.46. The Bertz CT molecular complexity index is 831. The maximum atomic E-state index is 13.6. The maximum absolute atomic E-state index is 13.6. The second-order valence-electron chi connectivity index (χ2n) is 9.92. The Labute approximate surface area is 174 Å². The third kappa shape index (κ3) is 3.40. The van der Waals surface area contributed by atoms with Gasteiger partial charge < -0.3 is 10.2 Å². The molecule has 1 aliphatic heterocycles. The Hall–Kier alpha value is -2.05. The van der Waals surface area contributed by atoms with E-state index in [2.05, 4.69) is 5.32 Å². The molecule has 30 heavy (non-hydrogen) atoms. The number of amides is 2. The van der Waals surface area contributed by atoms with Crippen LogP contribution in [-0.4, -0.2) is 29.3 Å². The third-order valence-corrected chi connectivity index (χ3v) is 7.77. The molecule has 1 N–H and O–H groups in total. The van der Waals surface area contributed by atoms with Crippen molar-refractivity contribution in [1.82, 2.24) is 4.90 Å². The summed E-state index contributed by atoms with van der Waals surface area (Å²) in [5, 5.41) is 2.62. The molecular formula is C23H27F3N2O2. The maximum Gasteiger partial charge on any atom is 0.416 e. The van der Waals surface area contributed by atoms with Crippen molar-refractivity contribution >= 4 is 17.5 Å². The first-order chi connectivity index (χ1) is 14.2. The van der Waals surface area contributed by atoms with Crippen LogP contribution in [0.25, 0.3) is 0 Å². The normalized spacial score (nSPS) is 35.0. The van der Waals surface area contributed by atoms with E-state index in [0.717, 1.165) is 37.8 Å². The van der Waals surface area contributed by atoms with E-state index in [-0.39, 0.29) is 22.9 Å². The molecule has 0 spiro atoms. The van der Waals surface area contributed by atoms with E-state index in [1.807, 2.05) is 0 Å². The van der Waals surface area contributed by atoms with Crippen molar-refractivity contribution in [2.75, 3.05) is 11.9 Å². The predicted octanol–water partition coefficient (Wildman–Crippen LogP) is 4.85. The third-order valence-electron chi connectivity index (χ3n) is 7.77. The molecule has 4 nitrogen and oxygen atoms in total. The number of alkyl halides is 3. The summed E-state index contributed by atoms with van der Waals surface area (Å²) in [5.74, 6) is 1.65. The van der Waals surface area contributed by atoms with Crippen molar-refractivity contribution in [3.63, 3.8) is 0 Å². The van der Waals surface area contributed by atoms with Gasteiger partial charge in [0, 0.05) is 12.2 Å². The Morgan fingerprint density at radius 3 is 2.27 bits per heavy atom. The fourth-order valence-corrected chi connectivity index (χ4v) is 6.96. The number of anilines is 1. The summed E-state index contributed by atoms with van der Waals surface area (Å²) in [6.45, 7) is 0.557. The lowest BCUT2D eigenvalue weighted by Gasteiger charge is -2.56. The Balaban J connectivity index is 1.32. The summed E-state index contributed by atoms with van der Waals surface area (Å²) < 4.78 is 38.9. The molecular weight excluding hydrogens is 393 g/mol. The molecule has 4 saturated carbocycles. The van der Waals surface area contributed by atoms with E-state index in [1.165, 1.54) is 31.4 Å². The van der Waals surface area contributed by atoms with E-state index < -0.39 is 17.8 Å². The van der Waals surface area contributed by atoms with Gasteiger partial charge >= 0.3 is 6.18 Å². The van der Waals surface area contributed by atoms with Crippen LogP contribution in [0.4, 0.5) is 18.9 Å². The first kappa shape index (κ1) is 19.9. The Kier molecular flexibility index (Phi) is 4.63. The number of carbonyl (C=O) groups is 2. The number of rotatable bonds is 3. The van der Waals surface area contributed by atoms with Gasteiger partial charge in [-0.3, -0.25) is 9.59 Å². The van der Waals surface area contributed by atoms with Crippen LogP contribution in [0.2, 0.25) is 0 Å². The van der Waals surface area contributed by atoms with Crippen molar-refractivity contribution in [2.45, 2.75) is 63.6 Å². The average molecular weight is 420 g/mol. The molecule has 1 aromatic rings. The highest BCUT2D eigenvalue weighted by Crippen LogP contribution is 2.60. The van der Waals surface area contributed by atoms with Crippen LogP contribution < -0.4 is 5.32 Å². The number of carbonyl (C=O) groups excluding carboxylic acids is 2. The quantitative estimate of drug-likeness (QED) is 0.760. The smallest absolute Gasteiger partial charge is 0.330 e. The summed E-state index contributed by atoms with van der Waals surface area (Å²) in [6.07, 6.45) is 3.39. The van der Waals surface area contributed by atoms with E-state index in [9.17, 15) is 22.8 Å². The van der Waals surface area contributed by atoms with Crippen LogP contribution in [0.15, 0.2) is 24.3 Å². The zero-order chi connectivity index (χ0) is 21.1. The molecule has 162 valence electrons. The number of nitrogens with zero attached hydrogens (tertiary/aromatic N) is 1. The molecule has 5 aliphatic rings. The number of likely N-dealkylation sites (tertiary alicyclic amines) is 1. The van der Waals surface area contributed by atoms with Gasteiger partial charge in [0.15, 0.2) is 0 Å². The van der Waals surface area contributed by atoms with Crippen molar-refractivity contribution in [2.24, 2.45) is 23.2 Å². The van der Waals surface area contributed by atoms with Gasteiger partial charge in [0.1, 0.15) is 6.04 Å². The number of hydrogen-bond donors (Lipinski definition) is 1. The fraction of sp³-hybridized carbons (Fsp3) is 0.652. The topological polar surface area (TPSA) is 49.4 Å². The van der Waals surface area contributed by atoms with Gasteiger partial charge in [-0.1, -0.05) is 6.07 Å². The van der Waals surface area contributed by atoms with Crippen molar-refractivity contribution in [3.8, 4) is 0 Å². The minimum Gasteiger partial charge on any atom is -0.330 e. The number of nitrogens with one attached hydrogen (secondary N) is 1.